The van der Waals surface area contributed by atoms with Crippen LogP contribution < -0.4 is 0 Å². The van der Waals surface area contributed by atoms with E-state index in [4.69, 9.17) is 11.6 Å². The standard InChI is InChI=1S/C16H11BrClFN2/c17-15(13-7-4-8-14(18)16(13)19)11-9-20-21(10-11)12-5-2-1-3-6-12/h1-10,15H. The lowest BCUT2D eigenvalue weighted by molar-refractivity contribution is 0.614. The fourth-order valence-electron chi connectivity index (χ4n) is 2.09. The molecule has 0 fully saturated rings. The summed E-state index contributed by atoms with van der Waals surface area (Å²) in [6.45, 7) is 0. The van der Waals surface area contributed by atoms with Crippen molar-refractivity contribution in [3.63, 3.8) is 0 Å². The van der Waals surface area contributed by atoms with E-state index in [1.807, 2.05) is 36.5 Å². The highest BCUT2D eigenvalue weighted by Crippen LogP contribution is 2.34. The van der Waals surface area contributed by atoms with Crippen molar-refractivity contribution < 1.29 is 4.39 Å². The fourth-order valence-corrected chi connectivity index (χ4v) is 2.86. The van der Waals surface area contributed by atoms with E-state index in [0.717, 1.165) is 11.3 Å². The lowest BCUT2D eigenvalue weighted by Crippen LogP contribution is -1.96. The Bertz CT molecular complexity index is 758. The summed E-state index contributed by atoms with van der Waals surface area (Å²) in [7, 11) is 0. The van der Waals surface area contributed by atoms with Gasteiger partial charge in [0.15, 0.2) is 0 Å². The van der Waals surface area contributed by atoms with Crippen molar-refractivity contribution in [1.29, 1.82) is 0 Å². The van der Waals surface area contributed by atoms with E-state index in [-0.39, 0.29) is 9.85 Å². The van der Waals surface area contributed by atoms with Crippen LogP contribution in [0, 0.1) is 5.82 Å². The van der Waals surface area contributed by atoms with E-state index >= 15 is 0 Å². The zero-order valence-corrected chi connectivity index (χ0v) is 13.2. The summed E-state index contributed by atoms with van der Waals surface area (Å²) in [5.74, 6) is -0.409. The van der Waals surface area contributed by atoms with Crippen LogP contribution >= 0.6 is 27.5 Å². The summed E-state index contributed by atoms with van der Waals surface area (Å²) in [5.41, 5.74) is 2.31. The molecule has 0 radical (unpaired) electrons. The van der Waals surface area contributed by atoms with Crippen LogP contribution in [0.4, 0.5) is 4.39 Å². The largest absolute Gasteiger partial charge is 0.241 e. The number of hydrogen-bond donors (Lipinski definition) is 0. The number of aromatic nitrogens is 2. The van der Waals surface area contributed by atoms with Gasteiger partial charge < -0.3 is 0 Å². The van der Waals surface area contributed by atoms with Crippen LogP contribution in [0.25, 0.3) is 5.69 Å². The average Bonchev–Trinajstić information content (AvgIpc) is 3.00. The summed E-state index contributed by atoms with van der Waals surface area (Å²) in [6, 6.07) is 14.7. The summed E-state index contributed by atoms with van der Waals surface area (Å²) >= 11 is 9.34. The van der Waals surface area contributed by atoms with Crippen LogP contribution in [-0.2, 0) is 0 Å². The molecule has 0 aliphatic carbocycles. The molecule has 21 heavy (non-hydrogen) atoms. The summed E-state index contributed by atoms with van der Waals surface area (Å²) < 4.78 is 15.8. The molecular weight excluding hydrogens is 355 g/mol. The van der Waals surface area contributed by atoms with Gasteiger partial charge in [0.05, 0.1) is 21.7 Å². The highest BCUT2D eigenvalue weighted by molar-refractivity contribution is 9.09. The van der Waals surface area contributed by atoms with E-state index < -0.39 is 5.82 Å². The van der Waals surface area contributed by atoms with Crippen molar-refractivity contribution >= 4 is 27.5 Å². The molecule has 0 aliphatic rings. The number of para-hydroxylation sites is 1. The van der Waals surface area contributed by atoms with Crippen molar-refractivity contribution in [2.24, 2.45) is 0 Å². The first-order chi connectivity index (χ1) is 10.2. The zero-order valence-electron chi connectivity index (χ0n) is 10.9. The Hall–Kier alpha value is -1.65. The van der Waals surface area contributed by atoms with Gasteiger partial charge in [-0.3, -0.25) is 0 Å². The Balaban J connectivity index is 1.95. The summed E-state index contributed by atoms with van der Waals surface area (Å²) in [6.07, 6.45) is 3.59. The second-order valence-corrected chi connectivity index (χ2v) is 5.88. The molecule has 0 N–H and O–H groups in total. The Morgan fingerprint density at radius 1 is 1.10 bits per heavy atom. The Labute approximate surface area is 135 Å². The number of halogens is 3. The predicted molar refractivity (Wildman–Crippen MR) is 85.7 cm³/mol. The maximum absolute atomic E-state index is 14.1. The Kier molecular flexibility index (Phi) is 4.08. The third-order valence-corrected chi connectivity index (χ3v) is 4.48. The molecule has 2 aromatic carbocycles. The van der Waals surface area contributed by atoms with Crippen molar-refractivity contribution in [3.8, 4) is 5.69 Å². The van der Waals surface area contributed by atoms with Gasteiger partial charge >= 0.3 is 0 Å². The van der Waals surface area contributed by atoms with Gasteiger partial charge in [0, 0.05) is 17.3 Å². The number of benzene rings is 2. The minimum absolute atomic E-state index is 0.118. The van der Waals surface area contributed by atoms with Crippen molar-refractivity contribution in [2.75, 3.05) is 0 Å². The van der Waals surface area contributed by atoms with Crippen LogP contribution in [0.2, 0.25) is 5.02 Å². The molecule has 1 unspecified atom stereocenters. The Morgan fingerprint density at radius 3 is 2.62 bits per heavy atom. The quantitative estimate of drug-likeness (QED) is 0.587. The maximum Gasteiger partial charge on any atom is 0.146 e. The number of hydrogen-bond acceptors (Lipinski definition) is 1. The Morgan fingerprint density at radius 2 is 1.86 bits per heavy atom. The lowest BCUT2D eigenvalue weighted by Gasteiger charge is -2.10. The van der Waals surface area contributed by atoms with Crippen LogP contribution in [-0.4, -0.2) is 9.78 Å². The van der Waals surface area contributed by atoms with Gasteiger partial charge in [0.25, 0.3) is 0 Å². The molecule has 106 valence electrons. The van der Waals surface area contributed by atoms with Gasteiger partial charge in [0.2, 0.25) is 0 Å². The van der Waals surface area contributed by atoms with Gasteiger partial charge in [-0.15, -0.1) is 0 Å². The second kappa shape index (κ2) is 6.00. The van der Waals surface area contributed by atoms with E-state index in [1.54, 1.807) is 23.0 Å². The second-order valence-electron chi connectivity index (χ2n) is 4.56. The average molecular weight is 366 g/mol. The molecule has 3 rings (SSSR count). The van der Waals surface area contributed by atoms with Gasteiger partial charge in [-0.1, -0.05) is 57.9 Å². The molecule has 0 amide bonds. The first-order valence-electron chi connectivity index (χ1n) is 6.35. The van der Waals surface area contributed by atoms with E-state index in [0.29, 0.717) is 5.56 Å². The molecule has 2 nitrogen and oxygen atoms in total. The van der Waals surface area contributed by atoms with Crippen molar-refractivity contribution in [1.82, 2.24) is 9.78 Å². The van der Waals surface area contributed by atoms with Gasteiger partial charge in [0.1, 0.15) is 5.82 Å². The highest BCUT2D eigenvalue weighted by Gasteiger charge is 2.18. The molecule has 0 spiro atoms. The predicted octanol–water partition coefficient (Wildman–Crippen LogP) is 5.15. The van der Waals surface area contributed by atoms with E-state index in [9.17, 15) is 4.39 Å². The molecule has 1 atom stereocenters. The minimum Gasteiger partial charge on any atom is -0.241 e. The molecule has 0 aliphatic heterocycles. The first-order valence-corrected chi connectivity index (χ1v) is 7.64. The molecule has 0 saturated carbocycles. The van der Waals surface area contributed by atoms with E-state index in [1.165, 1.54) is 6.07 Å². The first kappa shape index (κ1) is 14.3. The van der Waals surface area contributed by atoms with Gasteiger partial charge in [-0.2, -0.15) is 5.10 Å². The van der Waals surface area contributed by atoms with Crippen molar-refractivity contribution in [3.05, 3.63) is 82.9 Å². The maximum atomic E-state index is 14.1. The SMILES string of the molecule is Fc1c(Cl)cccc1C(Br)c1cnn(-c2ccccc2)c1. The summed E-state index contributed by atoms with van der Waals surface area (Å²) in [5, 5.41) is 4.43. The normalized spacial score (nSPS) is 12.3. The topological polar surface area (TPSA) is 17.8 Å². The van der Waals surface area contributed by atoms with Crippen LogP contribution in [0.15, 0.2) is 60.9 Å². The van der Waals surface area contributed by atoms with E-state index in [2.05, 4.69) is 21.0 Å². The number of nitrogens with zero attached hydrogens (tertiary/aromatic N) is 2. The third kappa shape index (κ3) is 2.87. The lowest BCUT2D eigenvalue weighted by atomic mass is 10.1. The van der Waals surface area contributed by atoms with Gasteiger partial charge in [-0.25, -0.2) is 9.07 Å². The summed E-state index contributed by atoms with van der Waals surface area (Å²) in [4.78, 5) is -0.298. The monoisotopic (exact) mass is 364 g/mol. The third-order valence-electron chi connectivity index (χ3n) is 3.17. The van der Waals surface area contributed by atoms with Crippen LogP contribution in [0.3, 0.4) is 0 Å². The minimum atomic E-state index is -0.409. The van der Waals surface area contributed by atoms with Crippen LogP contribution in [0.5, 0.6) is 0 Å². The number of alkyl halides is 1. The van der Waals surface area contributed by atoms with Crippen LogP contribution in [0.1, 0.15) is 16.0 Å². The zero-order chi connectivity index (χ0) is 14.8. The molecule has 1 heterocycles. The van der Waals surface area contributed by atoms with Crippen molar-refractivity contribution in [2.45, 2.75) is 4.83 Å². The molecule has 0 saturated heterocycles. The number of rotatable bonds is 3. The smallest absolute Gasteiger partial charge is 0.146 e. The molecular formula is C16H11BrClFN2. The molecule has 0 bridgehead atoms. The fraction of sp³-hybridized carbons (Fsp3) is 0.0625. The highest BCUT2D eigenvalue weighted by atomic mass is 79.9. The molecule has 5 heteroatoms. The van der Waals surface area contributed by atoms with Gasteiger partial charge in [-0.05, 0) is 18.2 Å². The molecule has 3 aromatic rings. The molecule has 1 aromatic heterocycles.